The van der Waals surface area contributed by atoms with Crippen molar-refractivity contribution in [2.75, 3.05) is 18.1 Å². The molecule has 11 heteroatoms. The van der Waals surface area contributed by atoms with E-state index in [1.54, 1.807) is 12.4 Å². The second-order valence-electron chi connectivity index (χ2n) is 10.9. The third kappa shape index (κ3) is 4.82. The van der Waals surface area contributed by atoms with Gasteiger partial charge in [0.2, 0.25) is 11.8 Å². The van der Waals surface area contributed by atoms with Crippen LogP contribution in [0.4, 0.5) is 5.95 Å². The fraction of sp³-hybridized carbons (Fsp3) is 0.519. The number of anilines is 1. The summed E-state index contributed by atoms with van der Waals surface area (Å²) in [6.07, 6.45) is 8.31. The third-order valence-electron chi connectivity index (χ3n) is 7.81. The van der Waals surface area contributed by atoms with E-state index < -0.39 is 5.76 Å². The second-order valence-corrected chi connectivity index (χ2v) is 11.3. The highest BCUT2D eigenvalue weighted by atomic mass is 35.5. The summed E-state index contributed by atoms with van der Waals surface area (Å²) in [6.45, 7) is 8.84. The molecule has 0 amide bonds. The number of hydrogen-bond donors (Lipinski definition) is 1. The first-order valence-electron chi connectivity index (χ1n) is 13.3. The number of hydrogen-bond acceptors (Lipinski definition) is 8. The molecular formula is C27H32ClN7O3. The van der Waals surface area contributed by atoms with Crippen LogP contribution in [0.15, 0.2) is 33.8 Å². The number of imidazole rings is 1. The van der Waals surface area contributed by atoms with E-state index in [0.717, 1.165) is 41.6 Å². The van der Waals surface area contributed by atoms with E-state index in [9.17, 15) is 4.79 Å². The Labute approximate surface area is 225 Å². The van der Waals surface area contributed by atoms with Crippen LogP contribution < -0.4 is 10.7 Å². The number of H-pyrrole nitrogens is 1. The minimum absolute atomic E-state index is 0.0977. The van der Waals surface area contributed by atoms with E-state index in [0.29, 0.717) is 28.9 Å². The Balaban J connectivity index is 1.58. The number of aromatic nitrogens is 6. The Morgan fingerprint density at radius 3 is 2.66 bits per heavy atom. The number of aromatic amines is 1. The van der Waals surface area contributed by atoms with Crippen molar-refractivity contribution < 1.29 is 9.26 Å². The van der Waals surface area contributed by atoms with E-state index in [1.165, 1.54) is 25.7 Å². The number of rotatable bonds is 5. The first-order valence-corrected chi connectivity index (χ1v) is 13.7. The molecule has 0 spiro atoms. The average molecular weight is 538 g/mol. The maximum atomic E-state index is 11.7. The molecule has 1 saturated carbocycles. The zero-order valence-corrected chi connectivity index (χ0v) is 22.6. The van der Waals surface area contributed by atoms with Crippen LogP contribution in [0.2, 0.25) is 5.02 Å². The van der Waals surface area contributed by atoms with Gasteiger partial charge in [0.1, 0.15) is 5.69 Å². The van der Waals surface area contributed by atoms with Crippen LogP contribution >= 0.6 is 11.6 Å². The molecule has 5 heterocycles. The molecule has 38 heavy (non-hydrogen) atoms. The summed E-state index contributed by atoms with van der Waals surface area (Å²) in [5.74, 6) is 1.84. The lowest BCUT2D eigenvalue weighted by Gasteiger charge is -2.38. The van der Waals surface area contributed by atoms with Gasteiger partial charge in [-0.25, -0.2) is 14.8 Å². The van der Waals surface area contributed by atoms with Gasteiger partial charge in [0.15, 0.2) is 0 Å². The van der Waals surface area contributed by atoms with Crippen molar-refractivity contribution in [1.29, 1.82) is 0 Å². The van der Waals surface area contributed by atoms with Gasteiger partial charge in [-0.15, -0.1) is 0 Å². The molecule has 10 nitrogen and oxygen atoms in total. The standard InChI is InChI=1S/C27H32ClN7O3/c1-15-4-6-18(7-5-15)13-35-24-21(31-26(35)34-12-17(3)37-14-16(34)2)9-22(25-32-27(36)38-33-25)30-23(24)19-8-20(28)11-29-10-19/h8-11,15-18H,4-7,12-14H2,1-3H3,(H,32,33,36). The molecule has 2 aliphatic rings. The van der Waals surface area contributed by atoms with Gasteiger partial charge >= 0.3 is 5.76 Å². The minimum atomic E-state index is -0.637. The maximum Gasteiger partial charge on any atom is 0.439 e. The molecule has 4 aromatic rings. The SMILES string of the molecule is CC1CCC(Cn2c(N3CC(C)OCC3C)nc3cc(-c4noc(=O)[nH]4)nc(-c4cncc(Cl)c4)c32)CC1. The number of nitrogens with zero attached hydrogens (tertiary/aromatic N) is 6. The van der Waals surface area contributed by atoms with Crippen LogP contribution in [0.1, 0.15) is 46.5 Å². The van der Waals surface area contributed by atoms with Gasteiger partial charge in [-0.3, -0.25) is 14.5 Å². The molecule has 0 radical (unpaired) electrons. The van der Waals surface area contributed by atoms with Crippen molar-refractivity contribution in [3.05, 3.63) is 40.1 Å². The Bertz CT molecular complexity index is 1500. The van der Waals surface area contributed by atoms with E-state index in [1.807, 2.05) is 12.1 Å². The smallest absolute Gasteiger partial charge is 0.375 e. The van der Waals surface area contributed by atoms with Crippen LogP contribution in [0.25, 0.3) is 33.8 Å². The van der Waals surface area contributed by atoms with Crippen LogP contribution in [0.3, 0.4) is 0 Å². The molecule has 6 rings (SSSR count). The number of pyridine rings is 2. The number of halogens is 1. The summed E-state index contributed by atoms with van der Waals surface area (Å²) in [5.41, 5.74) is 3.60. The van der Waals surface area contributed by atoms with E-state index >= 15 is 0 Å². The zero-order chi connectivity index (χ0) is 26.4. The van der Waals surface area contributed by atoms with Crippen molar-refractivity contribution in [2.45, 2.75) is 65.1 Å². The molecule has 4 aromatic heterocycles. The quantitative estimate of drug-likeness (QED) is 0.381. The van der Waals surface area contributed by atoms with Crippen molar-refractivity contribution in [3.63, 3.8) is 0 Å². The molecule has 1 aliphatic heterocycles. The summed E-state index contributed by atoms with van der Waals surface area (Å²) in [4.78, 5) is 31.2. The van der Waals surface area contributed by atoms with Crippen LogP contribution in [0, 0.1) is 11.8 Å². The third-order valence-corrected chi connectivity index (χ3v) is 8.01. The molecule has 2 unspecified atom stereocenters. The molecular weight excluding hydrogens is 506 g/mol. The van der Waals surface area contributed by atoms with Gasteiger partial charge < -0.3 is 14.2 Å². The highest BCUT2D eigenvalue weighted by Gasteiger charge is 2.31. The van der Waals surface area contributed by atoms with Crippen molar-refractivity contribution >= 4 is 28.6 Å². The van der Waals surface area contributed by atoms with Gasteiger partial charge in [-0.2, -0.15) is 0 Å². The summed E-state index contributed by atoms with van der Waals surface area (Å²) in [7, 11) is 0. The number of nitrogens with one attached hydrogen (secondary N) is 1. The van der Waals surface area contributed by atoms with Gasteiger partial charge in [0.25, 0.3) is 0 Å². The van der Waals surface area contributed by atoms with Gasteiger partial charge in [0.05, 0.1) is 40.5 Å². The monoisotopic (exact) mass is 537 g/mol. The first-order chi connectivity index (χ1) is 18.4. The lowest BCUT2D eigenvalue weighted by molar-refractivity contribution is 0.0333. The normalized spacial score (nSPS) is 24.3. The summed E-state index contributed by atoms with van der Waals surface area (Å²) in [5, 5.41) is 4.39. The maximum absolute atomic E-state index is 11.7. The summed E-state index contributed by atoms with van der Waals surface area (Å²) < 4.78 is 13.0. The summed E-state index contributed by atoms with van der Waals surface area (Å²) in [6, 6.07) is 3.88. The molecule has 1 N–H and O–H groups in total. The lowest BCUT2D eigenvalue weighted by atomic mass is 9.83. The van der Waals surface area contributed by atoms with Gasteiger partial charge in [-0.05, 0) is 50.7 Å². The number of morpholine rings is 1. The van der Waals surface area contributed by atoms with E-state index in [4.69, 9.17) is 30.8 Å². The van der Waals surface area contributed by atoms with Gasteiger partial charge in [-0.1, -0.05) is 36.5 Å². The first kappa shape index (κ1) is 25.1. The highest BCUT2D eigenvalue weighted by Crippen LogP contribution is 2.37. The number of fused-ring (bicyclic) bond motifs is 1. The zero-order valence-electron chi connectivity index (χ0n) is 21.9. The lowest BCUT2D eigenvalue weighted by Crippen LogP contribution is -2.48. The van der Waals surface area contributed by atoms with Gasteiger partial charge in [0, 0.05) is 31.0 Å². The molecule has 200 valence electrons. The summed E-state index contributed by atoms with van der Waals surface area (Å²) >= 11 is 6.37. The van der Waals surface area contributed by atoms with Crippen LogP contribution in [-0.2, 0) is 11.3 Å². The van der Waals surface area contributed by atoms with Crippen molar-refractivity contribution in [2.24, 2.45) is 11.8 Å². The predicted octanol–water partition coefficient (Wildman–Crippen LogP) is 4.93. The molecule has 1 saturated heterocycles. The van der Waals surface area contributed by atoms with E-state index in [-0.39, 0.29) is 18.0 Å². The van der Waals surface area contributed by atoms with Crippen molar-refractivity contribution in [1.82, 2.24) is 29.7 Å². The van der Waals surface area contributed by atoms with Crippen molar-refractivity contribution in [3.8, 4) is 22.8 Å². The molecule has 0 aromatic carbocycles. The Hall–Kier alpha value is -3.24. The fourth-order valence-electron chi connectivity index (χ4n) is 5.69. The molecule has 0 bridgehead atoms. The minimum Gasteiger partial charge on any atom is -0.375 e. The van der Waals surface area contributed by atoms with Crippen LogP contribution in [0.5, 0.6) is 0 Å². The average Bonchev–Trinajstić information content (AvgIpc) is 3.50. The predicted molar refractivity (Wildman–Crippen MR) is 145 cm³/mol. The Morgan fingerprint density at radius 1 is 1.11 bits per heavy atom. The second kappa shape index (κ2) is 10.1. The Kier molecular flexibility index (Phi) is 6.69. The van der Waals surface area contributed by atoms with E-state index in [2.05, 4.69) is 45.4 Å². The fourth-order valence-corrected chi connectivity index (χ4v) is 5.87. The Morgan fingerprint density at radius 2 is 1.92 bits per heavy atom. The molecule has 2 fully saturated rings. The number of ether oxygens (including phenoxy) is 1. The largest absolute Gasteiger partial charge is 0.439 e. The topological polar surface area (TPSA) is 115 Å². The molecule has 1 aliphatic carbocycles. The van der Waals surface area contributed by atoms with Crippen LogP contribution in [-0.4, -0.2) is 55.0 Å². The highest BCUT2D eigenvalue weighted by molar-refractivity contribution is 6.30. The molecule has 2 atom stereocenters.